The fourth-order valence-electron chi connectivity index (χ4n) is 2.38. The smallest absolute Gasteiger partial charge is 0.322 e. The summed E-state index contributed by atoms with van der Waals surface area (Å²) in [5.74, 6) is -4.11. The Kier molecular flexibility index (Phi) is 4.96. The molecular weight excluding hydrogens is 262 g/mol. The monoisotopic (exact) mass is 281 g/mol. The van der Waals surface area contributed by atoms with Crippen LogP contribution in [0, 0.1) is 0 Å². The third-order valence-electron chi connectivity index (χ3n) is 3.32. The molecular formula is C14H19NO5. The number of hydrogen-bond donors (Lipinski definition) is 3. The predicted molar refractivity (Wildman–Crippen MR) is 74.2 cm³/mol. The van der Waals surface area contributed by atoms with Gasteiger partial charge in [0.2, 0.25) is 0 Å². The number of rotatable bonds is 6. The Labute approximate surface area is 117 Å². The average Bonchev–Trinajstić information content (AvgIpc) is 2.39. The average molecular weight is 281 g/mol. The zero-order valence-corrected chi connectivity index (χ0v) is 11.8. The van der Waals surface area contributed by atoms with Crippen molar-refractivity contribution in [3.8, 4) is 5.75 Å². The van der Waals surface area contributed by atoms with Gasteiger partial charge in [-0.15, -0.1) is 0 Å². The Bertz CT molecular complexity index is 525. The van der Waals surface area contributed by atoms with Gasteiger partial charge in [-0.25, -0.2) is 0 Å². The molecule has 0 heterocycles. The zero-order valence-electron chi connectivity index (χ0n) is 11.8. The minimum Gasteiger partial charge on any atom is -0.496 e. The minimum absolute atomic E-state index is 0.0656. The van der Waals surface area contributed by atoms with Crippen LogP contribution in [-0.4, -0.2) is 29.3 Å². The molecule has 0 spiro atoms. The van der Waals surface area contributed by atoms with Crippen LogP contribution in [0.5, 0.6) is 5.75 Å². The lowest BCUT2D eigenvalue weighted by Gasteiger charge is -2.20. The summed E-state index contributed by atoms with van der Waals surface area (Å²) in [5, 5.41) is 18.2. The number of ether oxygens (including phenoxy) is 1. The van der Waals surface area contributed by atoms with Crippen molar-refractivity contribution in [1.82, 2.24) is 0 Å². The lowest BCUT2D eigenvalue weighted by Crippen LogP contribution is -2.23. The second-order valence-electron chi connectivity index (χ2n) is 4.36. The summed E-state index contributed by atoms with van der Waals surface area (Å²) in [6, 6.07) is 1.42. The van der Waals surface area contributed by atoms with E-state index >= 15 is 0 Å². The highest BCUT2D eigenvalue weighted by molar-refractivity contribution is 6.00. The highest BCUT2D eigenvalue weighted by Gasteiger charge is 2.32. The van der Waals surface area contributed by atoms with Gasteiger partial charge in [-0.1, -0.05) is 13.8 Å². The molecule has 4 N–H and O–H groups in total. The molecule has 0 unspecified atom stereocenters. The van der Waals surface area contributed by atoms with E-state index in [1.54, 1.807) is 0 Å². The number of benzene rings is 1. The molecule has 0 amide bonds. The maximum atomic E-state index is 11.2. The van der Waals surface area contributed by atoms with Crippen LogP contribution in [-0.2, 0) is 22.4 Å². The quantitative estimate of drug-likeness (QED) is 0.540. The van der Waals surface area contributed by atoms with Crippen LogP contribution in [0.1, 0.15) is 36.5 Å². The number of anilines is 1. The first kappa shape index (κ1) is 15.8. The van der Waals surface area contributed by atoms with Crippen molar-refractivity contribution in [3.63, 3.8) is 0 Å². The predicted octanol–water partition coefficient (Wildman–Crippen LogP) is 1.66. The summed E-state index contributed by atoms with van der Waals surface area (Å²) >= 11 is 0. The Balaban J connectivity index is 3.63. The van der Waals surface area contributed by atoms with Crippen molar-refractivity contribution in [1.29, 1.82) is 0 Å². The van der Waals surface area contributed by atoms with Gasteiger partial charge in [-0.05, 0) is 30.0 Å². The maximum Gasteiger partial charge on any atom is 0.322 e. The molecule has 0 aliphatic rings. The van der Waals surface area contributed by atoms with Gasteiger partial charge in [0.1, 0.15) is 5.75 Å². The van der Waals surface area contributed by atoms with Gasteiger partial charge >= 0.3 is 11.9 Å². The summed E-state index contributed by atoms with van der Waals surface area (Å²) in [7, 11) is 1.46. The molecule has 110 valence electrons. The standard InChI is InChI=1S/C14H19NO5/c1-4-7-8(5-2)12(15)9(6-10(7)20-3)11(13(16)17)14(18)19/h6,11H,4-5,15H2,1-3H3,(H,16,17)(H,18,19). The fourth-order valence-corrected chi connectivity index (χ4v) is 2.38. The van der Waals surface area contributed by atoms with Crippen molar-refractivity contribution in [3.05, 3.63) is 22.8 Å². The van der Waals surface area contributed by atoms with Gasteiger partial charge in [-0.2, -0.15) is 0 Å². The van der Waals surface area contributed by atoms with E-state index in [0.717, 1.165) is 11.1 Å². The molecule has 0 aliphatic heterocycles. The van der Waals surface area contributed by atoms with E-state index < -0.39 is 17.9 Å². The van der Waals surface area contributed by atoms with E-state index in [0.29, 0.717) is 18.6 Å². The van der Waals surface area contributed by atoms with Crippen LogP contribution in [0.15, 0.2) is 6.07 Å². The van der Waals surface area contributed by atoms with Crippen LogP contribution < -0.4 is 10.5 Å². The first-order valence-corrected chi connectivity index (χ1v) is 6.32. The van der Waals surface area contributed by atoms with Gasteiger partial charge in [0.15, 0.2) is 5.92 Å². The van der Waals surface area contributed by atoms with Gasteiger partial charge < -0.3 is 20.7 Å². The van der Waals surface area contributed by atoms with Crippen LogP contribution >= 0.6 is 0 Å². The molecule has 0 atom stereocenters. The van der Waals surface area contributed by atoms with Crippen LogP contribution in [0.2, 0.25) is 0 Å². The third-order valence-corrected chi connectivity index (χ3v) is 3.32. The van der Waals surface area contributed by atoms with Crippen molar-refractivity contribution < 1.29 is 24.5 Å². The van der Waals surface area contributed by atoms with Gasteiger partial charge in [0, 0.05) is 11.3 Å². The highest BCUT2D eigenvalue weighted by Crippen LogP contribution is 2.36. The maximum absolute atomic E-state index is 11.2. The van der Waals surface area contributed by atoms with Gasteiger partial charge in [-0.3, -0.25) is 9.59 Å². The Morgan fingerprint density at radius 3 is 2.05 bits per heavy atom. The van der Waals surface area contributed by atoms with E-state index in [2.05, 4.69) is 0 Å². The van der Waals surface area contributed by atoms with Crippen LogP contribution in [0.25, 0.3) is 0 Å². The Morgan fingerprint density at radius 2 is 1.70 bits per heavy atom. The van der Waals surface area contributed by atoms with E-state index in [9.17, 15) is 9.59 Å². The third kappa shape index (κ3) is 2.68. The molecule has 0 aliphatic carbocycles. The summed E-state index contributed by atoms with van der Waals surface area (Å²) < 4.78 is 5.24. The number of carboxylic acid groups (broad SMARTS) is 2. The molecule has 1 aromatic carbocycles. The second kappa shape index (κ2) is 6.27. The Morgan fingerprint density at radius 1 is 1.20 bits per heavy atom. The lowest BCUT2D eigenvalue weighted by atomic mass is 9.90. The summed E-state index contributed by atoms with van der Waals surface area (Å²) in [5.41, 5.74) is 7.90. The largest absolute Gasteiger partial charge is 0.496 e. The van der Waals surface area contributed by atoms with Crippen molar-refractivity contribution >= 4 is 17.6 Å². The molecule has 0 fully saturated rings. The number of carboxylic acids is 2. The fraction of sp³-hybridized carbons (Fsp3) is 0.429. The SMILES string of the molecule is CCc1c(OC)cc(C(C(=O)O)C(=O)O)c(N)c1CC. The normalized spacial score (nSPS) is 10.6. The molecule has 1 aromatic rings. The molecule has 0 radical (unpaired) electrons. The summed E-state index contributed by atoms with van der Waals surface area (Å²) in [6.45, 7) is 3.81. The van der Waals surface area contributed by atoms with Crippen LogP contribution in [0.3, 0.4) is 0 Å². The van der Waals surface area contributed by atoms with Gasteiger partial charge in [0.05, 0.1) is 7.11 Å². The molecule has 0 saturated heterocycles. The minimum atomic E-state index is -1.69. The van der Waals surface area contributed by atoms with Gasteiger partial charge in [0.25, 0.3) is 0 Å². The molecule has 20 heavy (non-hydrogen) atoms. The Hall–Kier alpha value is -2.24. The molecule has 1 rings (SSSR count). The number of hydrogen-bond acceptors (Lipinski definition) is 4. The number of aliphatic carboxylic acids is 2. The van der Waals surface area contributed by atoms with E-state index in [1.807, 2.05) is 13.8 Å². The molecule has 0 saturated carbocycles. The van der Waals surface area contributed by atoms with Crippen LogP contribution in [0.4, 0.5) is 5.69 Å². The summed E-state index contributed by atoms with van der Waals surface area (Å²) in [6.07, 6.45) is 1.24. The zero-order chi connectivity index (χ0) is 15.4. The number of carbonyl (C=O) groups is 2. The number of nitrogens with two attached hydrogens (primary N) is 1. The molecule has 0 aromatic heterocycles. The van der Waals surface area contributed by atoms with E-state index in [4.69, 9.17) is 20.7 Å². The van der Waals surface area contributed by atoms with E-state index in [1.165, 1.54) is 13.2 Å². The highest BCUT2D eigenvalue weighted by atomic mass is 16.5. The summed E-state index contributed by atoms with van der Waals surface area (Å²) in [4.78, 5) is 22.3. The first-order valence-electron chi connectivity index (χ1n) is 6.32. The number of nitrogen functional groups attached to an aromatic ring is 1. The second-order valence-corrected chi connectivity index (χ2v) is 4.36. The molecule has 0 bridgehead atoms. The molecule has 6 nitrogen and oxygen atoms in total. The first-order chi connectivity index (χ1) is 9.38. The molecule has 6 heteroatoms. The van der Waals surface area contributed by atoms with Crippen molar-refractivity contribution in [2.45, 2.75) is 32.6 Å². The van der Waals surface area contributed by atoms with Crippen molar-refractivity contribution in [2.75, 3.05) is 12.8 Å². The lowest BCUT2D eigenvalue weighted by molar-refractivity contribution is -0.150. The number of methoxy groups -OCH3 is 1. The topological polar surface area (TPSA) is 110 Å². The van der Waals surface area contributed by atoms with E-state index in [-0.39, 0.29) is 11.3 Å². The van der Waals surface area contributed by atoms with Crippen molar-refractivity contribution in [2.24, 2.45) is 0 Å².